The third-order valence-corrected chi connectivity index (χ3v) is 6.25. The van der Waals surface area contributed by atoms with Crippen molar-refractivity contribution < 1.29 is 18.7 Å². The van der Waals surface area contributed by atoms with Crippen LogP contribution in [0.4, 0.5) is 4.39 Å². The highest BCUT2D eigenvalue weighted by molar-refractivity contribution is 5.95. The Bertz CT molecular complexity index is 1070. The van der Waals surface area contributed by atoms with Gasteiger partial charge in [0.05, 0.1) is 24.1 Å². The molecule has 4 rings (SSSR count). The monoisotopic (exact) mass is 425 g/mol. The molecule has 0 unspecified atom stereocenters. The smallest absolute Gasteiger partial charge is 0.274 e. The van der Waals surface area contributed by atoms with Crippen LogP contribution in [0.2, 0.25) is 0 Å². The Balaban J connectivity index is 1.49. The number of hydrogen-bond acceptors (Lipinski definition) is 5. The minimum Gasteiger partial charge on any atom is -0.382 e. The van der Waals surface area contributed by atoms with E-state index in [1.807, 2.05) is 0 Å². The number of H-pyrrole nitrogens is 1. The van der Waals surface area contributed by atoms with Crippen LogP contribution in [0, 0.1) is 17.1 Å². The molecule has 0 saturated heterocycles. The first kappa shape index (κ1) is 21.0. The number of benzene rings is 1. The summed E-state index contributed by atoms with van der Waals surface area (Å²) in [5.74, 6) is -0.931. The van der Waals surface area contributed by atoms with Crippen LogP contribution >= 0.6 is 0 Å². The zero-order valence-corrected chi connectivity index (χ0v) is 17.6. The van der Waals surface area contributed by atoms with Crippen molar-refractivity contribution >= 4 is 11.8 Å². The number of aromatic nitrogens is 2. The maximum Gasteiger partial charge on any atom is 0.274 e. The normalized spacial score (nSPS) is 16.4. The first-order chi connectivity index (χ1) is 14.9. The number of fused-ring (bicyclic) bond motifs is 1. The van der Waals surface area contributed by atoms with E-state index in [1.165, 1.54) is 18.2 Å². The number of aromatic amines is 1. The van der Waals surface area contributed by atoms with Crippen molar-refractivity contribution in [1.82, 2.24) is 20.0 Å². The van der Waals surface area contributed by atoms with Crippen molar-refractivity contribution in [3.8, 4) is 6.07 Å². The molecule has 1 aliphatic carbocycles. The first-order valence-electron chi connectivity index (χ1n) is 10.2. The van der Waals surface area contributed by atoms with Gasteiger partial charge < -0.3 is 14.5 Å². The molecule has 2 aromatic rings. The van der Waals surface area contributed by atoms with Gasteiger partial charge in [0.25, 0.3) is 5.91 Å². The van der Waals surface area contributed by atoms with Crippen LogP contribution in [-0.2, 0) is 28.9 Å². The number of amides is 2. The van der Waals surface area contributed by atoms with Gasteiger partial charge >= 0.3 is 0 Å². The number of carbonyl (C=O) groups is 2. The highest BCUT2D eigenvalue weighted by Crippen LogP contribution is 2.42. The number of rotatable bonds is 6. The number of likely N-dealkylation sites (N-methyl/N-ethyl adjacent to an activating group) is 1. The first-order valence-corrected chi connectivity index (χ1v) is 10.2. The van der Waals surface area contributed by atoms with Crippen molar-refractivity contribution in [3.63, 3.8) is 0 Å². The second kappa shape index (κ2) is 8.12. The number of nitrogens with one attached hydrogen (secondary N) is 1. The fourth-order valence-electron chi connectivity index (χ4n) is 4.10. The average Bonchev–Trinajstić information content (AvgIpc) is 3.43. The summed E-state index contributed by atoms with van der Waals surface area (Å²) in [5, 5.41) is 16.2. The standard InChI is InChI=1S/C22H24FN5O3/c1-27(22(6-7-22)13-31-2)21(30)20-16-12-28(8-5-18(16)25-26-20)19(29)10-14-3-4-17(23)15(9-14)11-24/h3-4,9H,5-8,10,12-13H2,1-2H3,(H,25,26). The summed E-state index contributed by atoms with van der Waals surface area (Å²) in [4.78, 5) is 29.4. The van der Waals surface area contributed by atoms with E-state index in [4.69, 9.17) is 10.00 Å². The Kier molecular flexibility index (Phi) is 5.50. The number of hydrogen-bond donors (Lipinski definition) is 1. The molecule has 2 aliphatic rings. The van der Waals surface area contributed by atoms with Crippen molar-refractivity contribution in [3.05, 3.63) is 52.1 Å². The van der Waals surface area contributed by atoms with E-state index in [9.17, 15) is 14.0 Å². The molecule has 1 aliphatic heterocycles. The van der Waals surface area contributed by atoms with E-state index in [1.54, 1.807) is 30.0 Å². The van der Waals surface area contributed by atoms with Gasteiger partial charge in [0.2, 0.25) is 5.91 Å². The summed E-state index contributed by atoms with van der Waals surface area (Å²) >= 11 is 0. The molecular weight excluding hydrogens is 401 g/mol. The largest absolute Gasteiger partial charge is 0.382 e. The van der Waals surface area contributed by atoms with Crippen molar-refractivity contribution in [2.24, 2.45) is 0 Å². The van der Waals surface area contributed by atoms with Gasteiger partial charge in [0, 0.05) is 44.9 Å². The molecule has 9 heteroatoms. The minimum absolute atomic E-state index is 0.0578. The van der Waals surface area contributed by atoms with Gasteiger partial charge in [-0.1, -0.05) is 6.07 Å². The van der Waals surface area contributed by atoms with Gasteiger partial charge in [-0.15, -0.1) is 0 Å². The second-order valence-electron chi connectivity index (χ2n) is 8.22. The highest BCUT2D eigenvalue weighted by Gasteiger charge is 2.49. The predicted octanol–water partition coefficient (Wildman–Crippen LogP) is 1.80. The van der Waals surface area contributed by atoms with E-state index < -0.39 is 5.82 Å². The van der Waals surface area contributed by atoms with Crippen LogP contribution in [0.5, 0.6) is 0 Å². The molecule has 162 valence electrons. The lowest BCUT2D eigenvalue weighted by molar-refractivity contribution is -0.131. The third-order valence-electron chi connectivity index (χ3n) is 6.25. The van der Waals surface area contributed by atoms with E-state index in [2.05, 4.69) is 10.2 Å². The number of methoxy groups -OCH3 is 1. The number of ether oxygens (including phenoxy) is 1. The Morgan fingerprint density at radius 3 is 2.87 bits per heavy atom. The van der Waals surface area contributed by atoms with Crippen molar-refractivity contribution in [2.45, 2.75) is 37.8 Å². The molecule has 0 bridgehead atoms. The molecular formula is C22H24FN5O3. The van der Waals surface area contributed by atoms with Crippen LogP contribution in [0.15, 0.2) is 18.2 Å². The van der Waals surface area contributed by atoms with Gasteiger partial charge in [-0.05, 0) is 30.5 Å². The SMILES string of the molecule is COCC1(N(C)C(=O)c2n[nH]c3c2CN(C(=O)Cc2ccc(F)c(C#N)c2)CC3)CC1. The number of halogens is 1. The quantitative estimate of drug-likeness (QED) is 0.760. The molecule has 1 fully saturated rings. The molecule has 1 saturated carbocycles. The Morgan fingerprint density at radius 2 is 2.19 bits per heavy atom. The number of nitriles is 1. The summed E-state index contributed by atoms with van der Waals surface area (Å²) in [5.41, 5.74) is 2.16. The van der Waals surface area contributed by atoms with Crippen molar-refractivity contribution in [1.29, 1.82) is 5.26 Å². The molecule has 0 atom stereocenters. The molecule has 1 aromatic heterocycles. The summed E-state index contributed by atoms with van der Waals surface area (Å²) in [7, 11) is 3.39. The van der Waals surface area contributed by atoms with Gasteiger partial charge in [-0.3, -0.25) is 14.7 Å². The number of carbonyl (C=O) groups excluding carboxylic acids is 2. The molecule has 1 N–H and O–H groups in total. The third kappa shape index (κ3) is 3.91. The van der Waals surface area contributed by atoms with Crippen LogP contribution in [0.25, 0.3) is 0 Å². The summed E-state index contributed by atoms with van der Waals surface area (Å²) in [6.07, 6.45) is 2.41. The van der Waals surface area contributed by atoms with E-state index in [0.717, 1.165) is 24.1 Å². The van der Waals surface area contributed by atoms with E-state index in [0.29, 0.717) is 30.8 Å². The summed E-state index contributed by atoms with van der Waals surface area (Å²) in [6.45, 7) is 1.26. The molecule has 0 spiro atoms. The molecule has 2 amide bonds. The fraction of sp³-hybridized carbons (Fsp3) is 0.455. The minimum atomic E-state index is -0.603. The second-order valence-corrected chi connectivity index (χ2v) is 8.22. The van der Waals surface area contributed by atoms with E-state index >= 15 is 0 Å². The highest BCUT2D eigenvalue weighted by atomic mass is 19.1. The molecule has 8 nitrogen and oxygen atoms in total. The average molecular weight is 425 g/mol. The molecule has 2 heterocycles. The lowest BCUT2D eigenvalue weighted by Crippen LogP contribution is -2.43. The topological polar surface area (TPSA) is 102 Å². The predicted molar refractivity (Wildman–Crippen MR) is 108 cm³/mol. The summed E-state index contributed by atoms with van der Waals surface area (Å²) < 4.78 is 18.8. The maximum absolute atomic E-state index is 13.5. The van der Waals surface area contributed by atoms with Gasteiger partial charge in [0.15, 0.2) is 5.69 Å². The van der Waals surface area contributed by atoms with Crippen LogP contribution in [0.3, 0.4) is 0 Å². The Morgan fingerprint density at radius 1 is 1.42 bits per heavy atom. The lowest BCUT2D eigenvalue weighted by atomic mass is 10.0. The zero-order valence-electron chi connectivity index (χ0n) is 17.6. The van der Waals surface area contributed by atoms with Crippen LogP contribution in [0.1, 0.15) is 45.7 Å². The maximum atomic E-state index is 13.5. The van der Waals surface area contributed by atoms with Crippen LogP contribution in [-0.4, -0.2) is 64.7 Å². The lowest BCUT2D eigenvalue weighted by Gasteiger charge is -2.29. The fourth-order valence-corrected chi connectivity index (χ4v) is 4.10. The molecule has 1 aromatic carbocycles. The van der Waals surface area contributed by atoms with Gasteiger partial charge in [-0.25, -0.2) is 4.39 Å². The van der Waals surface area contributed by atoms with Gasteiger partial charge in [0.1, 0.15) is 11.9 Å². The Labute approximate surface area is 179 Å². The number of nitrogens with zero attached hydrogens (tertiary/aromatic N) is 4. The molecule has 31 heavy (non-hydrogen) atoms. The molecule has 0 radical (unpaired) electrons. The summed E-state index contributed by atoms with van der Waals surface area (Å²) in [6, 6.07) is 5.90. The van der Waals surface area contributed by atoms with E-state index in [-0.39, 0.29) is 35.9 Å². The van der Waals surface area contributed by atoms with Crippen molar-refractivity contribution in [2.75, 3.05) is 27.3 Å². The zero-order chi connectivity index (χ0) is 22.2. The van der Waals surface area contributed by atoms with Gasteiger partial charge in [-0.2, -0.15) is 10.4 Å². The Hall–Kier alpha value is -3.25. The van der Waals surface area contributed by atoms with Crippen LogP contribution < -0.4 is 0 Å².